The molecule has 0 aromatic heterocycles. The summed E-state index contributed by atoms with van der Waals surface area (Å²) in [6.45, 7) is 10.7. The Morgan fingerprint density at radius 3 is 2.38 bits per heavy atom. The summed E-state index contributed by atoms with van der Waals surface area (Å²) < 4.78 is 0. The Hall–Kier alpha value is -0.770. The van der Waals surface area contributed by atoms with E-state index in [-0.39, 0.29) is 11.6 Å². The van der Waals surface area contributed by atoms with E-state index in [0.29, 0.717) is 5.92 Å². The van der Waals surface area contributed by atoms with Gasteiger partial charge in [0.2, 0.25) is 0 Å². The summed E-state index contributed by atoms with van der Waals surface area (Å²) in [4.78, 5) is 14.8. The summed E-state index contributed by atoms with van der Waals surface area (Å²) in [5.74, 6) is 0.555. The van der Waals surface area contributed by atoms with Crippen LogP contribution in [0.5, 0.6) is 0 Å². The van der Waals surface area contributed by atoms with Crippen LogP contribution in [0.1, 0.15) is 34.1 Å². The second-order valence-electron chi connectivity index (χ2n) is 5.96. The van der Waals surface area contributed by atoms with Crippen LogP contribution in [0.3, 0.4) is 0 Å². The minimum absolute atomic E-state index is 0.117. The van der Waals surface area contributed by atoms with Crippen molar-refractivity contribution in [2.45, 2.75) is 45.7 Å². The number of hydrogen-bond donors (Lipinski definition) is 1. The molecule has 1 fully saturated rings. The highest BCUT2D eigenvalue weighted by Gasteiger charge is 2.34. The van der Waals surface area contributed by atoms with Crippen LogP contribution in [0.15, 0.2) is 0 Å². The predicted molar refractivity (Wildman–Crippen MR) is 64.7 cm³/mol. The number of carboxylic acid groups (broad SMARTS) is 1. The summed E-state index contributed by atoms with van der Waals surface area (Å²) in [7, 11) is 1.67. The molecule has 4 nitrogen and oxygen atoms in total. The van der Waals surface area contributed by atoms with Crippen molar-refractivity contribution in [1.29, 1.82) is 0 Å². The molecule has 2 atom stereocenters. The van der Waals surface area contributed by atoms with Gasteiger partial charge in [-0.1, -0.05) is 6.92 Å². The average Bonchev–Trinajstić information content (AvgIpc) is 2.14. The minimum Gasteiger partial charge on any atom is -0.465 e. The number of hydrogen-bond acceptors (Lipinski definition) is 2. The number of likely N-dealkylation sites (tertiary alicyclic amines) is 1. The number of rotatable bonds is 1. The van der Waals surface area contributed by atoms with Crippen LogP contribution in [-0.4, -0.2) is 52.7 Å². The van der Waals surface area contributed by atoms with E-state index < -0.39 is 6.09 Å². The van der Waals surface area contributed by atoms with Crippen molar-refractivity contribution < 1.29 is 9.90 Å². The van der Waals surface area contributed by atoms with Gasteiger partial charge in [0.25, 0.3) is 0 Å². The molecular formula is C12H24N2O2. The van der Waals surface area contributed by atoms with Crippen LogP contribution in [0.4, 0.5) is 4.79 Å². The normalized spacial score (nSPS) is 27.8. The Balaban J connectivity index is 2.72. The molecule has 4 heteroatoms. The lowest BCUT2D eigenvalue weighted by molar-refractivity contribution is 0.0306. The van der Waals surface area contributed by atoms with Crippen molar-refractivity contribution in [2.75, 3.05) is 20.1 Å². The maximum Gasteiger partial charge on any atom is 0.407 e. The smallest absolute Gasteiger partial charge is 0.407 e. The summed E-state index contributed by atoms with van der Waals surface area (Å²) in [5, 5.41) is 9.02. The molecule has 1 saturated heterocycles. The van der Waals surface area contributed by atoms with Crippen molar-refractivity contribution in [3.8, 4) is 0 Å². The first kappa shape index (κ1) is 13.3. The number of amides is 1. The van der Waals surface area contributed by atoms with Crippen LogP contribution >= 0.6 is 0 Å². The van der Waals surface area contributed by atoms with Crippen LogP contribution in [0.2, 0.25) is 0 Å². The van der Waals surface area contributed by atoms with E-state index in [9.17, 15) is 4.79 Å². The van der Waals surface area contributed by atoms with Gasteiger partial charge in [-0.3, -0.25) is 4.90 Å². The molecule has 0 aromatic rings. The van der Waals surface area contributed by atoms with Gasteiger partial charge in [-0.2, -0.15) is 0 Å². The molecule has 1 amide bonds. The Labute approximate surface area is 98.2 Å². The topological polar surface area (TPSA) is 43.8 Å². The molecule has 1 aliphatic heterocycles. The molecule has 0 aliphatic carbocycles. The van der Waals surface area contributed by atoms with E-state index in [0.717, 1.165) is 19.5 Å². The lowest BCUT2D eigenvalue weighted by atomic mass is 9.91. The first-order valence-corrected chi connectivity index (χ1v) is 5.92. The maximum absolute atomic E-state index is 11.0. The first-order valence-electron chi connectivity index (χ1n) is 5.92. The summed E-state index contributed by atoms with van der Waals surface area (Å²) in [6.07, 6.45) is 0.142. The van der Waals surface area contributed by atoms with E-state index in [2.05, 4.69) is 32.6 Å². The summed E-state index contributed by atoms with van der Waals surface area (Å²) in [5.41, 5.74) is 0.117. The van der Waals surface area contributed by atoms with Gasteiger partial charge in [0.05, 0.1) is 0 Å². The van der Waals surface area contributed by atoms with Crippen molar-refractivity contribution in [1.82, 2.24) is 9.80 Å². The van der Waals surface area contributed by atoms with Crippen LogP contribution in [0.25, 0.3) is 0 Å². The van der Waals surface area contributed by atoms with Gasteiger partial charge < -0.3 is 10.0 Å². The number of piperidine rings is 1. The van der Waals surface area contributed by atoms with Gasteiger partial charge in [0.1, 0.15) is 0 Å². The molecule has 0 unspecified atom stereocenters. The molecule has 0 spiro atoms. The van der Waals surface area contributed by atoms with E-state index in [1.165, 1.54) is 4.90 Å². The summed E-state index contributed by atoms with van der Waals surface area (Å²) >= 11 is 0. The number of nitrogens with zero attached hydrogens (tertiary/aromatic N) is 2. The highest BCUT2D eigenvalue weighted by Crippen LogP contribution is 2.25. The standard InChI is InChI=1S/C12H24N2O2/c1-9-6-10(13(5)11(15)16)8-14(7-9)12(2,3)4/h9-10H,6-8H2,1-5H3,(H,15,16)/t9-,10-/m1/s1. The Morgan fingerprint density at radius 2 is 1.94 bits per heavy atom. The van der Waals surface area contributed by atoms with Crippen molar-refractivity contribution in [3.63, 3.8) is 0 Å². The lowest BCUT2D eigenvalue weighted by Gasteiger charge is -2.45. The van der Waals surface area contributed by atoms with Crippen molar-refractivity contribution in [3.05, 3.63) is 0 Å². The fourth-order valence-electron chi connectivity index (χ4n) is 2.30. The molecule has 1 heterocycles. The molecular weight excluding hydrogens is 204 g/mol. The molecule has 1 rings (SSSR count). The molecule has 0 radical (unpaired) electrons. The number of carbonyl (C=O) groups is 1. The highest BCUT2D eigenvalue weighted by molar-refractivity contribution is 5.65. The fourth-order valence-corrected chi connectivity index (χ4v) is 2.30. The summed E-state index contributed by atoms with van der Waals surface area (Å²) in [6, 6.07) is 0.125. The third kappa shape index (κ3) is 3.11. The van der Waals surface area contributed by atoms with Gasteiger partial charge >= 0.3 is 6.09 Å². The van der Waals surface area contributed by atoms with Crippen molar-refractivity contribution >= 4 is 6.09 Å². The predicted octanol–water partition coefficient (Wildman–Crippen LogP) is 2.11. The third-order valence-corrected chi connectivity index (χ3v) is 3.44. The Kier molecular flexibility index (Phi) is 3.84. The van der Waals surface area contributed by atoms with E-state index in [1.807, 2.05) is 0 Å². The second kappa shape index (κ2) is 4.62. The molecule has 94 valence electrons. The second-order valence-corrected chi connectivity index (χ2v) is 5.96. The fraction of sp³-hybridized carbons (Fsp3) is 0.917. The Bertz CT molecular complexity index is 260. The van der Waals surface area contributed by atoms with Crippen LogP contribution in [0, 0.1) is 5.92 Å². The molecule has 0 saturated carbocycles. The number of likely N-dealkylation sites (N-methyl/N-ethyl adjacent to an activating group) is 1. The maximum atomic E-state index is 11.0. The van der Waals surface area contributed by atoms with E-state index >= 15 is 0 Å². The molecule has 0 bridgehead atoms. The van der Waals surface area contributed by atoms with Gasteiger partial charge in [-0.15, -0.1) is 0 Å². The zero-order valence-electron chi connectivity index (χ0n) is 11.0. The molecule has 1 aliphatic rings. The van der Waals surface area contributed by atoms with Gasteiger partial charge in [0, 0.05) is 31.7 Å². The van der Waals surface area contributed by atoms with Gasteiger partial charge in [-0.05, 0) is 33.1 Å². The van der Waals surface area contributed by atoms with Crippen LogP contribution < -0.4 is 0 Å². The molecule has 16 heavy (non-hydrogen) atoms. The SMILES string of the molecule is C[C@@H]1C[C@@H](N(C)C(=O)O)CN(C(C)(C)C)C1. The van der Waals surface area contributed by atoms with E-state index in [1.54, 1.807) is 7.05 Å². The van der Waals surface area contributed by atoms with Crippen molar-refractivity contribution in [2.24, 2.45) is 5.92 Å². The zero-order valence-corrected chi connectivity index (χ0v) is 11.0. The minimum atomic E-state index is -0.826. The molecule has 1 N–H and O–H groups in total. The lowest BCUT2D eigenvalue weighted by Crippen LogP contribution is -2.56. The van der Waals surface area contributed by atoms with Gasteiger partial charge in [-0.25, -0.2) is 4.79 Å². The highest BCUT2D eigenvalue weighted by atomic mass is 16.4. The first-order chi connectivity index (χ1) is 7.21. The quantitative estimate of drug-likeness (QED) is 0.747. The average molecular weight is 228 g/mol. The largest absolute Gasteiger partial charge is 0.465 e. The van der Waals surface area contributed by atoms with E-state index in [4.69, 9.17) is 5.11 Å². The van der Waals surface area contributed by atoms with Crippen LogP contribution in [-0.2, 0) is 0 Å². The molecule has 0 aromatic carbocycles. The van der Waals surface area contributed by atoms with Gasteiger partial charge in [0.15, 0.2) is 0 Å². The monoisotopic (exact) mass is 228 g/mol. The zero-order chi connectivity index (χ0) is 12.5. The third-order valence-electron chi connectivity index (χ3n) is 3.44. The Morgan fingerprint density at radius 1 is 1.38 bits per heavy atom.